The molecule has 33 heavy (non-hydrogen) atoms. The van der Waals surface area contributed by atoms with E-state index in [9.17, 15) is 32.7 Å². The van der Waals surface area contributed by atoms with Gasteiger partial charge in [0.15, 0.2) is 11.2 Å². The molecule has 4 aromatic rings. The molecule has 1 N–H and O–H groups in total. The van der Waals surface area contributed by atoms with Crippen LogP contribution in [0.2, 0.25) is 0 Å². The van der Waals surface area contributed by atoms with Crippen LogP contribution in [0.5, 0.6) is 5.88 Å². The Morgan fingerprint density at radius 1 is 1.06 bits per heavy atom. The Labute approximate surface area is 183 Å². The minimum absolute atomic E-state index is 0.00724. The molecule has 0 atom stereocenters. The highest BCUT2D eigenvalue weighted by Crippen LogP contribution is 2.30. The van der Waals surface area contributed by atoms with Crippen molar-refractivity contribution < 1.29 is 18.3 Å². The summed E-state index contributed by atoms with van der Waals surface area (Å²) in [7, 11) is 2.65. The second kappa shape index (κ2) is 7.64. The predicted molar refractivity (Wildman–Crippen MR) is 114 cm³/mol. The fourth-order valence-corrected chi connectivity index (χ4v) is 3.89. The van der Waals surface area contributed by atoms with Crippen LogP contribution in [0.25, 0.3) is 16.9 Å². The fraction of sp³-hybridized carbons (Fsp3) is 0.333. The summed E-state index contributed by atoms with van der Waals surface area (Å²) in [6.45, 7) is 1.50. The number of imidazole rings is 1. The largest absolute Gasteiger partial charge is 0.494 e. The molecule has 0 aliphatic carbocycles. The number of rotatable bonds is 4. The van der Waals surface area contributed by atoms with Crippen molar-refractivity contribution in [3.05, 3.63) is 72.1 Å². The third-order valence-corrected chi connectivity index (χ3v) is 5.56. The molecule has 0 saturated heterocycles. The van der Waals surface area contributed by atoms with Gasteiger partial charge in [0.05, 0.1) is 17.7 Å². The minimum Gasteiger partial charge on any atom is -0.494 e. The number of hydrogen-bond acceptors (Lipinski definition) is 5. The number of fused-ring (bicyclic) bond motifs is 3. The highest BCUT2D eigenvalue weighted by molar-refractivity contribution is 5.76. The smallest absolute Gasteiger partial charge is 0.416 e. The molecule has 174 valence electrons. The molecule has 12 heteroatoms. The third kappa shape index (κ3) is 3.41. The summed E-state index contributed by atoms with van der Waals surface area (Å²) in [5, 5.41) is 10.9. The van der Waals surface area contributed by atoms with Crippen LogP contribution in [0.3, 0.4) is 0 Å². The summed E-state index contributed by atoms with van der Waals surface area (Å²) in [4.78, 5) is 42.7. The molecule has 0 unspecified atom stereocenters. The van der Waals surface area contributed by atoms with E-state index in [1.54, 1.807) is 6.92 Å². The van der Waals surface area contributed by atoms with Crippen LogP contribution in [0.4, 0.5) is 13.2 Å². The summed E-state index contributed by atoms with van der Waals surface area (Å²) in [6, 6.07) is 4.51. The van der Waals surface area contributed by atoms with Crippen molar-refractivity contribution in [1.82, 2.24) is 23.1 Å². The number of nitrogens with zero attached hydrogens (tertiary/aromatic N) is 5. The standard InChI is InChI=1S/C21H20F3N5O4/c1-4-6-13-16(30)28(10-11-7-5-8-12(9-11)21(22,23)24)19-25-15-14(29(19)17(13)31)18(32)27(3)20(33)26(15)2/h5,7-9,31H,4,6,10H2,1-3H3. The van der Waals surface area contributed by atoms with Gasteiger partial charge in [0, 0.05) is 14.1 Å². The lowest BCUT2D eigenvalue weighted by atomic mass is 10.1. The first kappa shape index (κ1) is 22.4. The van der Waals surface area contributed by atoms with Crippen LogP contribution in [-0.4, -0.2) is 28.2 Å². The normalized spacial score (nSPS) is 12.2. The Bertz CT molecular complexity index is 1590. The number of aromatic nitrogens is 5. The van der Waals surface area contributed by atoms with E-state index in [-0.39, 0.29) is 41.0 Å². The highest BCUT2D eigenvalue weighted by Gasteiger charge is 2.30. The van der Waals surface area contributed by atoms with Crippen molar-refractivity contribution in [2.24, 2.45) is 14.1 Å². The lowest BCUT2D eigenvalue weighted by molar-refractivity contribution is -0.137. The van der Waals surface area contributed by atoms with Crippen LogP contribution >= 0.6 is 0 Å². The number of benzene rings is 1. The van der Waals surface area contributed by atoms with Gasteiger partial charge in [0.1, 0.15) is 0 Å². The topological polar surface area (TPSA) is 104 Å². The van der Waals surface area contributed by atoms with Gasteiger partial charge in [-0.25, -0.2) is 9.20 Å². The van der Waals surface area contributed by atoms with Crippen molar-refractivity contribution >= 4 is 16.9 Å². The fourth-order valence-electron chi connectivity index (χ4n) is 3.89. The average Bonchev–Trinajstić information content (AvgIpc) is 3.17. The second-order valence-corrected chi connectivity index (χ2v) is 7.77. The van der Waals surface area contributed by atoms with Crippen LogP contribution in [0, 0.1) is 0 Å². The molecule has 3 aromatic heterocycles. The molecule has 4 rings (SSSR count). The quantitative estimate of drug-likeness (QED) is 0.497. The van der Waals surface area contributed by atoms with E-state index in [0.717, 1.165) is 30.2 Å². The van der Waals surface area contributed by atoms with Gasteiger partial charge in [-0.05, 0) is 24.1 Å². The molecule has 0 fully saturated rings. The lowest BCUT2D eigenvalue weighted by Gasteiger charge is -2.14. The molecular formula is C21H20F3N5O4. The van der Waals surface area contributed by atoms with Gasteiger partial charge in [-0.2, -0.15) is 18.2 Å². The second-order valence-electron chi connectivity index (χ2n) is 7.77. The zero-order valence-corrected chi connectivity index (χ0v) is 18.0. The molecule has 0 bridgehead atoms. The summed E-state index contributed by atoms with van der Waals surface area (Å²) in [6.07, 6.45) is -3.92. The van der Waals surface area contributed by atoms with E-state index in [1.165, 1.54) is 26.2 Å². The molecule has 0 amide bonds. The van der Waals surface area contributed by atoms with Crippen molar-refractivity contribution in [3.63, 3.8) is 0 Å². The maximum atomic E-state index is 13.2. The molecule has 0 saturated carbocycles. The van der Waals surface area contributed by atoms with E-state index >= 15 is 0 Å². The maximum absolute atomic E-state index is 13.2. The molecule has 3 heterocycles. The molecular weight excluding hydrogens is 443 g/mol. The maximum Gasteiger partial charge on any atom is 0.416 e. The van der Waals surface area contributed by atoms with Gasteiger partial charge >= 0.3 is 11.9 Å². The van der Waals surface area contributed by atoms with Crippen molar-refractivity contribution in [2.45, 2.75) is 32.5 Å². The van der Waals surface area contributed by atoms with Crippen LogP contribution in [0.1, 0.15) is 30.0 Å². The first-order chi connectivity index (χ1) is 15.5. The van der Waals surface area contributed by atoms with Crippen LogP contribution in [-0.2, 0) is 33.2 Å². The third-order valence-electron chi connectivity index (χ3n) is 5.56. The van der Waals surface area contributed by atoms with Gasteiger partial charge in [-0.15, -0.1) is 0 Å². The van der Waals surface area contributed by atoms with Gasteiger partial charge in [0.2, 0.25) is 11.7 Å². The Morgan fingerprint density at radius 2 is 1.76 bits per heavy atom. The van der Waals surface area contributed by atoms with E-state index in [2.05, 4.69) is 4.98 Å². The van der Waals surface area contributed by atoms with E-state index in [4.69, 9.17) is 0 Å². The van der Waals surface area contributed by atoms with Gasteiger partial charge in [-0.3, -0.25) is 23.3 Å². The van der Waals surface area contributed by atoms with Crippen molar-refractivity contribution in [2.75, 3.05) is 0 Å². The zero-order valence-electron chi connectivity index (χ0n) is 18.0. The monoisotopic (exact) mass is 463 g/mol. The summed E-state index contributed by atoms with van der Waals surface area (Å²) in [5.74, 6) is -0.654. The SMILES string of the molecule is CCCc1c(O)n2c3c(=O)n(C)c(=O)n(C)c3nc2n(Cc2cccc(C(F)(F)F)c2)c1=O. The Morgan fingerprint density at radius 3 is 2.39 bits per heavy atom. The van der Waals surface area contributed by atoms with Crippen LogP contribution in [0.15, 0.2) is 38.6 Å². The minimum atomic E-state index is -4.56. The van der Waals surface area contributed by atoms with Crippen LogP contribution < -0.4 is 16.8 Å². The molecule has 9 nitrogen and oxygen atoms in total. The number of alkyl halides is 3. The Balaban J connectivity index is 2.11. The molecule has 1 aromatic carbocycles. The van der Waals surface area contributed by atoms with Gasteiger partial charge in [0.25, 0.3) is 11.1 Å². The molecule has 0 aliphatic rings. The van der Waals surface area contributed by atoms with E-state index in [1.807, 2.05) is 0 Å². The number of halogens is 3. The highest BCUT2D eigenvalue weighted by atomic mass is 19.4. The number of hydrogen-bond donors (Lipinski definition) is 1. The van der Waals surface area contributed by atoms with Gasteiger partial charge < -0.3 is 5.11 Å². The summed E-state index contributed by atoms with van der Waals surface area (Å²) >= 11 is 0. The van der Waals surface area contributed by atoms with Crippen molar-refractivity contribution in [3.8, 4) is 5.88 Å². The number of aryl methyl sites for hydroxylation is 1. The Hall–Kier alpha value is -3.83. The first-order valence-corrected chi connectivity index (χ1v) is 10.1. The predicted octanol–water partition coefficient (Wildman–Crippen LogP) is 1.77. The average molecular weight is 463 g/mol. The summed E-state index contributed by atoms with van der Waals surface area (Å²) in [5.41, 5.74) is -2.93. The number of aromatic hydroxyl groups is 1. The molecule has 0 radical (unpaired) electrons. The lowest BCUT2D eigenvalue weighted by Crippen LogP contribution is -2.37. The zero-order chi connectivity index (χ0) is 24.2. The summed E-state index contributed by atoms with van der Waals surface area (Å²) < 4.78 is 43.6. The van der Waals surface area contributed by atoms with E-state index in [0.29, 0.717) is 6.42 Å². The van der Waals surface area contributed by atoms with Gasteiger partial charge in [-0.1, -0.05) is 25.5 Å². The Kier molecular flexibility index (Phi) is 5.18. The molecule has 0 spiro atoms. The van der Waals surface area contributed by atoms with E-state index < -0.39 is 34.4 Å². The first-order valence-electron chi connectivity index (χ1n) is 10.1. The molecule has 0 aliphatic heterocycles. The van der Waals surface area contributed by atoms with Crippen molar-refractivity contribution in [1.29, 1.82) is 0 Å².